The summed E-state index contributed by atoms with van der Waals surface area (Å²) in [5, 5.41) is 0. The van der Waals surface area contributed by atoms with Crippen molar-refractivity contribution >= 4 is 21.9 Å². The van der Waals surface area contributed by atoms with Crippen molar-refractivity contribution in [3.8, 4) is 0 Å². The minimum Gasteiger partial charge on any atom is -0.398 e. The first kappa shape index (κ1) is 35.9. The quantitative estimate of drug-likeness (QED) is 0.0998. The predicted molar refractivity (Wildman–Crippen MR) is 175 cm³/mol. The molecule has 3 N–H and O–H groups in total. The van der Waals surface area contributed by atoms with E-state index in [2.05, 4.69) is 33.4 Å². The SMILES string of the molecule is C=Cc1c(N)cc(CCCCCCCCCCCCCCCCCC)c(C)c1C.Cc1ccc(S(=O)(=O)O)cc1. The highest BCUT2D eigenvalue weighted by Crippen LogP contribution is 2.26. The zero-order valence-corrected chi connectivity index (χ0v) is 26.8. The maximum atomic E-state index is 10.5. The second-order valence-electron chi connectivity index (χ2n) is 11.3. The van der Waals surface area contributed by atoms with E-state index >= 15 is 0 Å². The highest BCUT2D eigenvalue weighted by atomic mass is 32.2. The van der Waals surface area contributed by atoms with E-state index in [1.54, 1.807) is 12.1 Å². The Hall–Kier alpha value is -2.11. The number of nitrogens with two attached hydrogens (primary N) is 1. The van der Waals surface area contributed by atoms with Crippen molar-refractivity contribution < 1.29 is 13.0 Å². The molecule has 0 bridgehead atoms. The zero-order valence-electron chi connectivity index (χ0n) is 25.9. The molecule has 0 unspecified atom stereocenters. The van der Waals surface area contributed by atoms with Crippen molar-refractivity contribution in [3.63, 3.8) is 0 Å². The molecular formula is C35H57NO3S. The van der Waals surface area contributed by atoms with Gasteiger partial charge in [0.2, 0.25) is 0 Å². The van der Waals surface area contributed by atoms with Gasteiger partial charge in [-0.05, 0) is 74.1 Å². The Bertz CT molecular complexity index is 1070. The van der Waals surface area contributed by atoms with Gasteiger partial charge in [0.05, 0.1) is 4.90 Å². The third kappa shape index (κ3) is 15.0. The standard InChI is InChI=1S/C28H49N.C7H8O3S/c1-5-7-8-9-10-11-12-13-14-15-16-17-18-19-20-21-22-26-23-28(29)27(6-2)25(4)24(26)3;1-6-2-4-7(5-3-6)11(8,9)10/h6,23H,2,5,7-22,29H2,1,3-4H3;2-5H,1H3,(H,8,9,10). The summed E-state index contributed by atoms with van der Waals surface area (Å²) in [5.41, 5.74) is 13.3. The molecule has 0 fully saturated rings. The number of rotatable bonds is 19. The monoisotopic (exact) mass is 571 g/mol. The van der Waals surface area contributed by atoms with Crippen LogP contribution in [-0.4, -0.2) is 13.0 Å². The molecule has 2 aromatic rings. The highest BCUT2D eigenvalue weighted by Gasteiger charge is 2.09. The zero-order chi connectivity index (χ0) is 29.8. The fourth-order valence-electron chi connectivity index (χ4n) is 5.14. The minimum absolute atomic E-state index is 0.0666. The number of aryl methyl sites for hydroxylation is 2. The molecule has 0 radical (unpaired) electrons. The first-order chi connectivity index (χ1) is 19.1. The largest absolute Gasteiger partial charge is 0.398 e. The van der Waals surface area contributed by atoms with Crippen LogP contribution in [0.5, 0.6) is 0 Å². The molecule has 0 aromatic heterocycles. The lowest BCUT2D eigenvalue weighted by molar-refractivity contribution is 0.483. The van der Waals surface area contributed by atoms with Crippen LogP contribution in [-0.2, 0) is 16.5 Å². The second kappa shape index (κ2) is 20.7. The van der Waals surface area contributed by atoms with Gasteiger partial charge in [0.15, 0.2) is 0 Å². The van der Waals surface area contributed by atoms with Gasteiger partial charge < -0.3 is 5.73 Å². The molecule has 226 valence electrons. The van der Waals surface area contributed by atoms with Gasteiger partial charge in [0, 0.05) is 5.69 Å². The molecule has 0 spiro atoms. The fourth-order valence-corrected chi connectivity index (χ4v) is 5.62. The van der Waals surface area contributed by atoms with Crippen LogP contribution < -0.4 is 5.73 Å². The molecule has 0 saturated carbocycles. The second-order valence-corrected chi connectivity index (χ2v) is 12.8. The van der Waals surface area contributed by atoms with E-state index in [9.17, 15) is 8.42 Å². The molecular weight excluding hydrogens is 514 g/mol. The van der Waals surface area contributed by atoms with Crippen molar-refractivity contribution in [1.29, 1.82) is 0 Å². The molecule has 2 rings (SSSR count). The molecule has 40 heavy (non-hydrogen) atoms. The molecule has 0 amide bonds. The number of benzene rings is 2. The molecule has 0 heterocycles. The van der Waals surface area contributed by atoms with Crippen molar-refractivity contribution in [1.82, 2.24) is 0 Å². The highest BCUT2D eigenvalue weighted by molar-refractivity contribution is 7.85. The van der Waals surface area contributed by atoms with Crippen molar-refractivity contribution in [2.45, 2.75) is 142 Å². The van der Waals surface area contributed by atoms with Gasteiger partial charge in [-0.3, -0.25) is 4.55 Å². The summed E-state index contributed by atoms with van der Waals surface area (Å²) in [7, 11) is -4.02. The molecule has 5 heteroatoms. The van der Waals surface area contributed by atoms with Crippen LogP contribution in [0, 0.1) is 20.8 Å². The van der Waals surface area contributed by atoms with Crippen molar-refractivity contribution in [3.05, 3.63) is 64.7 Å². The van der Waals surface area contributed by atoms with Crippen LogP contribution in [0.2, 0.25) is 0 Å². The van der Waals surface area contributed by atoms with Gasteiger partial charge in [-0.1, -0.05) is 134 Å². The molecule has 0 aliphatic rings. The maximum absolute atomic E-state index is 10.5. The molecule has 4 nitrogen and oxygen atoms in total. The van der Waals surface area contributed by atoms with Gasteiger partial charge in [0.1, 0.15) is 0 Å². The molecule has 0 aliphatic carbocycles. The van der Waals surface area contributed by atoms with E-state index in [4.69, 9.17) is 10.3 Å². The summed E-state index contributed by atoms with van der Waals surface area (Å²) in [5.74, 6) is 0. The number of hydrogen-bond acceptors (Lipinski definition) is 3. The van der Waals surface area contributed by atoms with Gasteiger partial charge in [-0.25, -0.2) is 0 Å². The predicted octanol–water partition coefficient (Wildman–Crippen LogP) is 10.6. The van der Waals surface area contributed by atoms with Gasteiger partial charge in [0.25, 0.3) is 10.1 Å². The summed E-state index contributed by atoms with van der Waals surface area (Å²) in [4.78, 5) is -0.0666. The average Bonchev–Trinajstić information content (AvgIpc) is 2.91. The Labute approximate surface area is 246 Å². The minimum atomic E-state index is -4.02. The molecule has 0 saturated heterocycles. The van der Waals surface area contributed by atoms with E-state index in [1.807, 2.05) is 13.0 Å². The smallest absolute Gasteiger partial charge is 0.294 e. The average molecular weight is 572 g/mol. The third-order valence-corrected chi connectivity index (χ3v) is 8.78. The van der Waals surface area contributed by atoms with Gasteiger partial charge in [-0.15, -0.1) is 0 Å². The maximum Gasteiger partial charge on any atom is 0.294 e. The Morgan fingerprint density at radius 1 is 0.725 bits per heavy atom. The Morgan fingerprint density at radius 2 is 1.15 bits per heavy atom. The Kier molecular flexibility index (Phi) is 18.6. The van der Waals surface area contributed by atoms with Crippen molar-refractivity contribution in [2.75, 3.05) is 5.73 Å². The van der Waals surface area contributed by atoms with Gasteiger partial charge >= 0.3 is 0 Å². The van der Waals surface area contributed by atoms with E-state index in [1.165, 1.54) is 132 Å². The van der Waals surface area contributed by atoms with E-state index in [0.717, 1.165) is 23.2 Å². The lowest BCUT2D eigenvalue weighted by Gasteiger charge is -2.14. The van der Waals surface area contributed by atoms with Crippen LogP contribution in [0.4, 0.5) is 5.69 Å². The summed E-state index contributed by atoms with van der Waals surface area (Å²) in [6.07, 6.45) is 25.8. The summed E-state index contributed by atoms with van der Waals surface area (Å²) in [6.45, 7) is 12.4. The summed E-state index contributed by atoms with van der Waals surface area (Å²) >= 11 is 0. The lowest BCUT2D eigenvalue weighted by Crippen LogP contribution is -2.00. The third-order valence-electron chi connectivity index (χ3n) is 7.91. The molecule has 0 atom stereocenters. The van der Waals surface area contributed by atoms with Crippen LogP contribution in [0.25, 0.3) is 6.08 Å². The normalized spacial score (nSPS) is 11.2. The first-order valence-corrected chi connectivity index (χ1v) is 17.1. The fraction of sp³-hybridized carbons (Fsp3) is 0.600. The number of anilines is 1. The van der Waals surface area contributed by atoms with Crippen LogP contribution in [0.3, 0.4) is 0 Å². The molecule has 0 aliphatic heterocycles. The van der Waals surface area contributed by atoms with Gasteiger partial charge in [-0.2, -0.15) is 8.42 Å². The number of nitrogen functional groups attached to an aromatic ring is 1. The Morgan fingerprint density at radius 3 is 1.55 bits per heavy atom. The summed E-state index contributed by atoms with van der Waals surface area (Å²) in [6, 6.07) is 8.16. The van der Waals surface area contributed by atoms with Crippen molar-refractivity contribution in [2.24, 2.45) is 0 Å². The Balaban J connectivity index is 0.000000603. The topological polar surface area (TPSA) is 80.4 Å². The van der Waals surface area contributed by atoms with E-state index < -0.39 is 10.1 Å². The molecule has 2 aromatic carbocycles. The summed E-state index contributed by atoms with van der Waals surface area (Å²) < 4.78 is 29.6. The lowest BCUT2D eigenvalue weighted by atomic mass is 9.93. The number of unbranched alkanes of at least 4 members (excludes halogenated alkanes) is 15. The van der Waals surface area contributed by atoms with E-state index in [0.29, 0.717) is 0 Å². The van der Waals surface area contributed by atoms with Crippen LogP contribution in [0.15, 0.2) is 41.8 Å². The number of hydrogen-bond donors (Lipinski definition) is 2. The first-order valence-electron chi connectivity index (χ1n) is 15.7. The van der Waals surface area contributed by atoms with Crippen LogP contribution >= 0.6 is 0 Å². The van der Waals surface area contributed by atoms with Crippen LogP contribution in [0.1, 0.15) is 137 Å². The van der Waals surface area contributed by atoms with E-state index in [-0.39, 0.29) is 4.90 Å².